The van der Waals surface area contributed by atoms with E-state index < -0.39 is 24.2 Å². The van der Waals surface area contributed by atoms with Crippen molar-refractivity contribution in [2.75, 3.05) is 11.5 Å². The molecule has 2 aromatic carbocycles. The summed E-state index contributed by atoms with van der Waals surface area (Å²) >= 11 is 5.79. The topological polar surface area (TPSA) is 46.6 Å². The number of esters is 1. The second-order valence-electron chi connectivity index (χ2n) is 6.71. The summed E-state index contributed by atoms with van der Waals surface area (Å²) in [5, 5.41) is -0.274. The molecule has 0 atom stereocenters. The molecule has 0 aromatic heterocycles. The highest BCUT2D eigenvalue weighted by molar-refractivity contribution is 6.33. The fraction of sp³-hybridized carbons (Fsp3) is 0.333. The first-order valence-corrected chi connectivity index (χ1v) is 9.54. The molecule has 0 heterocycles. The molecule has 0 N–H and O–H groups in total. The van der Waals surface area contributed by atoms with E-state index in [-0.39, 0.29) is 22.5 Å². The van der Waals surface area contributed by atoms with Crippen LogP contribution >= 0.6 is 11.6 Å². The van der Waals surface area contributed by atoms with Gasteiger partial charge in [-0.2, -0.15) is 0 Å². The molecule has 0 radical (unpaired) electrons. The molecule has 1 aliphatic carbocycles. The SMILES string of the molecule is O=C(OCC(=O)N(c1ccccc1)C1CCCCC1)c1cc(F)c(F)cc1Cl. The molecule has 0 saturated heterocycles. The van der Waals surface area contributed by atoms with E-state index in [0.717, 1.165) is 37.8 Å². The van der Waals surface area contributed by atoms with Gasteiger partial charge in [-0.15, -0.1) is 0 Å². The van der Waals surface area contributed by atoms with Gasteiger partial charge in [-0.1, -0.05) is 49.1 Å². The highest BCUT2D eigenvalue weighted by Gasteiger charge is 2.28. The van der Waals surface area contributed by atoms with Crippen molar-refractivity contribution in [1.29, 1.82) is 0 Å². The first kappa shape index (κ1) is 20.3. The molecule has 1 saturated carbocycles. The van der Waals surface area contributed by atoms with Crippen LogP contribution in [-0.2, 0) is 9.53 Å². The number of ether oxygens (including phenoxy) is 1. The molecular weight excluding hydrogens is 388 g/mol. The standard InChI is InChI=1S/C21H20ClF2NO3/c22-17-12-19(24)18(23)11-16(17)21(27)28-13-20(26)25(14-7-3-1-4-8-14)15-9-5-2-6-10-15/h1,3-4,7-8,11-12,15H,2,5-6,9-10,13H2. The normalized spacial score (nSPS) is 14.5. The molecule has 0 bridgehead atoms. The van der Waals surface area contributed by atoms with Gasteiger partial charge in [0.25, 0.3) is 5.91 Å². The van der Waals surface area contributed by atoms with Crippen LogP contribution in [0.1, 0.15) is 42.5 Å². The van der Waals surface area contributed by atoms with Crippen molar-refractivity contribution in [3.8, 4) is 0 Å². The third-order valence-electron chi connectivity index (χ3n) is 4.80. The summed E-state index contributed by atoms with van der Waals surface area (Å²) in [6, 6.07) is 10.6. The fourth-order valence-corrected chi connectivity index (χ4v) is 3.67. The zero-order chi connectivity index (χ0) is 20.1. The minimum atomic E-state index is -1.21. The second kappa shape index (κ2) is 9.15. The Bertz CT molecular complexity index is 854. The molecule has 148 valence electrons. The molecule has 0 aliphatic heterocycles. The highest BCUT2D eigenvalue weighted by Crippen LogP contribution is 2.28. The van der Waals surface area contributed by atoms with Crippen molar-refractivity contribution in [1.82, 2.24) is 0 Å². The summed E-state index contributed by atoms with van der Waals surface area (Å²) < 4.78 is 31.6. The Morgan fingerprint density at radius 1 is 1.04 bits per heavy atom. The maximum Gasteiger partial charge on any atom is 0.340 e. The van der Waals surface area contributed by atoms with E-state index in [2.05, 4.69) is 0 Å². The first-order valence-electron chi connectivity index (χ1n) is 9.16. The highest BCUT2D eigenvalue weighted by atomic mass is 35.5. The molecule has 28 heavy (non-hydrogen) atoms. The molecule has 1 amide bonds. The van der Waals surface area contributed by atoms with E-state index >= 15 is 0 Å². The second-order valence-corrected chi connectivity index (χ2v) is 7.12. The van der Waals surface area contributed by atoms with Crippen molar-refractivity contribution >= 4 is 29.2 Å². The maximum absolute atomic E-state index is 13.4. The molecule has 2 aromatic rings. The van der Waals surface area contributed by atoms with Gasteiger partial charge in [-0.25, -0.2) is 13.6 Å². The lowest BCUT2D eigenvalue weighted by atomic mass is 9.93. The zero-order valence-electron chi connectivity index (χ0n) is 15.2. The van der Waals surface area contributed by atoms with Crippen LogP contribution in [0.25, 0.3) is 0 Å². The van der Waals surface area contributed by atoms with Crippen LogP contribution in [0, 0.1) is 11.6 Å². The smallest absolute Gasteiger partial charge is 0.340 e. The number of carbonyl (C=O) groups is 2. The molecule has 1 fully saturated rings. The minimum absolute atomic E-state index is 0.0363. The van der Waals surface area contributed by atoms with E-state index in [4.69, 9.17) is 16.3 Å². The summed E-state index contributed by atoms with van der Waals surface area (Å²) in [7, 11) is 0. The van der Waals surface area contributed by atoms with Gasteiger partial charge in [0.05, 0.1) is 10.6 Å². The number of carbonyl (C=O) groups excluding carboxylic acids is 2. The Kier molecular flexibility index (Phi) is 6.62. The van der Waals surface area contributed by atoms with Gasteiger partial charge in [-0.05, 0) is 37.1 Å². The number of hydrogen-bond acceptors (Lipinski definition) is 3. The average molecular weight is 408 g/mol. The fourth-order valence-electron chi connectivity index (χ4n) is 3.44. The van der Waals surface area contributed by atoms with Gasteiger partial charge in [0.1, 0.15) is 0 Å². The Morgan fingerprint density at radius 3 is 2.36 bits per heavy atom. The number of para-hydroxylation sites is 1. The lowest BCUT2D eigenvalue weighted by Crippen LogP contribution is -2.43. The summed E-state index contributed by atoms with van der Waals surface area (Å²) in [5.74, 6) is -3.72. The number of rotatable bonds is 5. The van der Waals surface area contributed by atoms with Crippen molar-refractivity contribution in [2.45, 2.75) is 38.1 Å². The number of halogens is 3. The number of anilines is 1. The number of benzene rings is 2. The van der Waals surface area contributed by atoms with E-state index in [9.17, 15) is 18.4 Å². The molecular formula is C21H20ClF2NO3. The van der Waals surface area contributed by atoms with Crippen LogP contribution < -0.4 is 4.90 Å². The van der Waals surface area contributed by atoms with Gasteiger partial charge >= 0.3 is 5.97 Å². The van der Waals surface area contributed by atoms with Crippen molar-refractivity contribution < 1.29 is 23.1 Å². The molecule has 7 heteroatoms. The van der Waals surface area contributed by atoms with Crippen LogP contribution in [-0.4, -0.2) is 24.5 Å². The average Bonchev–Trinajstić information content (AvgIpc) is 2.71. The third kappa shape index (κ3) is 4.68. The van der Waals surface area contributed by atoms with Crippen LogP contribution in [0.5, 0.6) is 0 Å². The van der Waals surface area contributed by atoms with Crippen LogP contribution in [0.4, 0.5) is 14.5 Å². The van der Waals surface area contributed by atoms with Crippen LogP contribution in [0.3, 0.4) is 0 Å². The van der Waals surface area contributed by atoms with Crippen molar-refractivity contribution in [3.63, 3.8) is 0 Å². The van der Waals surface area contributed by atoms with Gasteiger partial charge < -0.3 is 9.64 Å². The lowest BCUT2D eigenvalue weighted by molar-refractivity contribution is -0.122. The van der Waals surface area contributed by atoms with Crippen molar-refractivity contribution in [2.24, 2.45) is 0 Å². The van der Waals surface area contributed by atoms with Crippen LogP contribution in [0.15, 0.2) is 42.5 Å². The maximum atomic E-state index is 13.4. The lowest BCUT2D eigenvalue weighted by Gasteiger charge is -2.34. The third-order valence-corrected chi connectivity index (χ3v) is 5.11. The molecule has 0 unspecified atom stereocenters. The quantitative estimate of drug-likeness (QED) is 0.509. The van der Waals surface area contributed by atoms with Crippen molar-refractivity contribution in [3.05, 3.63) is 64.7 Å². The minimum Gasteiger partial charge on any atom is -0.452 e. The van der Waals surface area contributed by atoms with E-state index in [1.165, 1.54) is 0 Å². The van der Waals surface area contributed by atoms with Crippen LogP contribution in [0.2, 0.25) is 5.02 Å². The predicted octanol–water partition coefficient (Wildman–Crippen LogP) is 5.14. The van der Waals surface area contributed by atoms with E-state index in [1.54, 1.807) is 4.90 Å². The Balaban J connectivity index is 1.73. The van der Waals surface area contributed by atoms with Gasteiger partial charge in [-0.3, -0.25) is 4.79 Å². The largest absolute Gasteiger partial charge is 0.452 e. The summed E-state index contributed by atoms with van der Waals surface area (Å²) in [6.07, 6.45) is 4.96. The first-order chi connectivity index (χ1) is 13.5. The molecule has 1 aliphatic rings. The zero-order valence-corrected chi connectivity index (χ0v) is 15.9. The van der Waals surface area contributed by atoms with Gasteiger partial charge in [0.2, 0.25) is 0 Å². The van der Waals surface area contributed by atoms with E-state index in [0.29, 0.717) is 12.1 Å². The Labute approximate surface area is 167 Å². The van der Waals surface area contributed by atoms with Gasteiger partial charge in [0.15, 0.2) is 18.2 Å². The molecule has 3 rings (SSSR count). The molecule has 0 spiro atoms. The monoisotopic (exact) mass is 407 g/mol. The Hall–Kier alpha value is -2.47. The Morgan fingerprint density at radius 2 is 1.68 bits per heavy atom. The van der Waals surface area contributed by atoms with Gasteiger partial charge in [0, 0.05) is 11.7 Å². The number of amides is 1. The summed E-state index contributed by atoms with van der Waals surface area (Å²) in [5.41, 5.74) is 0.415. The number of hydrogen-bond donors (Lipinski definition) is 0. The summed E-state index contributed by atoms with van der Waals surface area (Å²) in [6.45, 7) is -0.514. The summed E-state index contributed by atoms with van der Waals surface area (Å²) in [4.78, 5) is 26.7. The predicted molar refractivity (Wildman–Crippen MR) is 102 cm³/mol. The number of nitrogens with zero attached hydrogens (tertiary/aromatic N) is 1. The molecule has 4 nitrogen and oxygen atoms in total. The van der Waals surface area contributed by atoms with E-state index in [1.807, 2.05) is 30.3 Å².